The number of hydrogen-bond donors (Lipinski definition) is 3. The maximum absolute atomic E-state index is 10.6. The molecule has 0 aromatic heterocycles. The molecule has 0 heterocycles. The molecular weight excluding hydrogens is 192 g/mol. The Morgan fingerprint density at radius 1 is 1.47 bits per heavy atom. The van der Waals surface area contributed by atoms with E-state index in [1.54, 1.807) is 0 Å². The van der Waals surface area contributed by atoms with Crippen LogP contribution in [0.4, 0.5) is 0 Å². The van der Waals surface area contributed by atoms with Crippen LogP contribution < -0.4 is 11.1 Å². The Morgan fingerprint density at radius 2 is 2.13 bits per heavy atom. The van der Waals surface area contributed by atoms with Crippen LogP contribution in [0.5, 0.6) is 0 Å². The SMILES string of the molecule is CCCCCC(CNC)CC(N)C(=O)O. The van der Waals surface area contributed by atoms with Crippen LogP contribution in [0.2, 0.25) is 0 Å². The number of unbranched alkanes of at least 4 members (excludes halogenated alkanes) is 2. The van der Waals surface area contributed by atoms with Gasteiger partial charge >= 0.3 is 5.97 Å². The van der Waals surface area contributed by atoms with E-state index in [1.165, 1.54) is 12.8 Å². The van der Waals surface area contributed by atoms with Crippen LogP contribution in [0.25, 0.3) is 0 Å². The van der Waals surface area contributed by atoms with Gasteiger partial charge < -0.3 is 16.2 Å². The Morgan fingerprint density at radius 3 is 2.60 bits per heavy atom. The third kappa shape index (κ3) is 7.33. The molecular formula is C11H24N2O2. The number of aliphatic carboxylic acids is 1. The van der Waals surface area contributed by atoms with Crippen LogP contribution in [0.15, 0.2) is 0 Å². The van der Waals surface area contributed by atoms with Gasteiger partial charge in [0.1, 0.15) is 6.04 Å². The van der Waals surface area contributed by atoms with Crippen molar-refractivity contribution in [1.82, 2.24) is 5.32 Å². The summed E-state index contributed by atoms with van der Waals surface area (Å²) in [7, 11) is 1.89. The van der Waals surface area contributed by atoms with Crippen LogP contribution in [0, 0.1) is 5.92 Å². The van der Waals surface area contributed by atoms with Crippen LogP contribution in [-0.4, -0.2) is 30.7 Å². The second-order valence-electron chi connectivity index (χ2n) is 4.10. The number of carboxylic acids is 1. The molecule has 0 saturated carbocycles. The zero-order valence-electron chi connectivity index (χ0n) is 9.83. The second kappa shape index (κ2) is 8.68. The Bertz CT molecular complexity index is 174. The molecule has 0 rings (SSSR count). The predicted molar refractivity (Wildman–Crippen MR) is 61.8 cm³/mol. The summed E-state index contributed by atoms with van der Waals surface area (Å²) in [5.74, 6) is -0.515. The average molecular weight is 216 g/mol. The van der Waals surface area contributed by atoms with Crippen molar-refractivity contribution in [3.63, 3.8) is 0 Å². The lowest BCUT2D eigenvalue weighted by molar-refractivity contribution is -0.138. The molecule has 90 valence electrons. The van der Waals surface area contributed by atoms with E-state index in [4.69, 9.17) is 10.8 Å². The van der Waals surface area contributed by atoms with E-state index >= 15 is 0 Å². The van der Waals surface area contributed by atoms with Crippen molar-refractivity contribution in [2.24, 2.45) is 11.7 Å². The molecule has 0 aliphatic heterocycles. The first-order chi connectivity index (χ1) is 7.11. The van der Waals surface area contributed by atoms with Gasteiger partial charge in [0.15, 0.2) is 0 Å². The van der Waals surface area contributed by atoms with Crippen LogP contribution in [0.1, 0.15) is 39.0 Å². The molecule has 4 N–H and O–H groups in total. The molecule has 0 saturated heterocycles. The summed E-state index contributed by atoms with van der Waals surface area (Å²) >= 11 is 0. The topological polar surface area (TPSA) is 75.3 Å². The molecule has 0 amide bonds. The highest BCUT2D eigenvalue weighted by molar-refractivity contribution is 5.73. The molecule has 0 fully saturated rings. The van der Waals surface area contributed by atoms with Crippen molar-refractivity contribution in [2.45, 2.75) is 45.1 Å². The first kappa shape index (κ1) is 14.4. The Balaban J connectivity index is 3.86. The van der Waals surface area contributed by atoms with Gasteiger partial charge in [0.25, 0.3) is 0 Å². The maximum Gasteiger partial charge on any atom is 0.320 e. The van der Waals surface area contributed by atoms with Crippen LogP contribution in [-0.2, 0) is 4.79 Å². The summed E-state index contributed by atoms with van der Waals surface area (Å²) in [5, 5.41) is 11.8. The summed E-state index contributed by atoms with van der Waals surface area (Å²) in [6.45, 7) is 3.01. The molecule has 2 unspecified atom stereocenters. The molecule has 0 radical (unpaired) electrons. The van der Waals surface area contributed by atoms with Gasteiger partial charge in [-0.15, -0.1) is 0 Å². The molecule has 0 aliphatic rings. The molecule has 0 aromatic rings. The van der Waals surface area contributed by atoms with Crippen molar-refractivity contribution in [1.29, 1.82) is 0 Å². The summed E-state index contributed by atoms with van der Waals surface area (Å²) in [6, 6.07) is -0.718. The third-order valence-electron chi connectivity index (χ3n) is 2.61. The van der Waals surface area contributed by atoms with Crippen molar-refractivity contribution in [2.75, 3.05) is 13.6 Å². The van der Waals surface area contributed by atoms with Gasteiger partial charge in [0.2, 0.25) is 0 Å². The molecule has 4 nitrogen and oxygen atoms in total. The van der Waals surface area contributed by atoms with Gasteiger partial charge in [-0.3, -0.25) is 4.79 Å². The van der Waals surface area contributed by atoms with Gasteiger partial charge in [0.05, 0.1) is 0 Å². The number of rotatable bonds is 9. The average Bonchev–Trinajstić information content (AvgIpc) is 2.18. The lowest BCUT2D eigenvalue weighted by Gasteiger charge is -2.18. The summed E-state index contributed by atoms with van der Waals surface area (Å²) in [6.07, 6.45) is 5.20. The van der Waals surface area contributed by atoms with Crippen molar-refractivity contribution >= 4 is 5.97 Å². The van der Waals surface area contributed by atoms with Gasteiger partial charge in [-0.1, -0.05) is 26.2 Å². The normalized spacial score (nSPS) is 14.9. The minimum absolute atomic E-state index is 0.382. The highest BCUT2D eigenvalue weighted by Crippen LogP contribution is 2.14. The predicted octanol–water partition coefficient (Wildman–Crippen LogP) is 1.20. The maximum atomic E-state index is 10.6. The molecule has 2 atom stereocenters. The van der Waals surface area contributed by atoms with Gasteiger partial charge in [-0.05, 0) is 32.4 Å². The number of carbonyl (C=O) groups is 1. The minimum atomic E-state index is -0.897. The molecule has 0 aliphatic carbocycles. The fourth-order valence-electron chi connectivity index (χ4n) is 1.73. The van der Waals surface area contributed by atoms with E-state index in [-0.39, 0.29) is 0 Å². The van der Waals surface area contributed by atoms with E-state index in [9.17, 15) is 4.79 Å². The zero-order chi connectivity index (χ0) is 11.7. The van der Waals surface area contributed by atoms with E-state index in [0.717, 1.165) is 19.4 Å². The zero-order valence-corrected chi connectivity index (χ0v) is 9.83. The largest absolute Gasteiger partial charge is 0.480 e. The Kier molecular flexibility index (Phi) is 8.33. The first-order valence-corrected chi connectivity index (χ1v) is 5.74. The molecule has 4 heteroatoms. The first-order valence-electron chi connectivity index (χ1n) is 5.74. The standard InChI is InChI=1S/C11H24N2O2/c1-3-4-5-6-9(8-13-2)7-10(12)11(14)15/h9-10,13H,3-8,12H2,1-2H3,(H,14,15). The van der Waals surface area contributed by atoms with Crippen molar-refractivity contribution < 1.29 is 9.90 Å². The van der Waals surface area contributed by atoms with Crippen LogP contribution >= 0.6 is 0 Å². The Labute approximate surface area is 92.2 Å². The van der Waals surface area contributed by atoms with Crippen molar-refractivity contribution in [3.8, 4) is 0 Å². The molecule has 15 heavy (non-hydrogen) atoms. The fourth-order valence-corrected chi connectivity index (χ4v) is 1.73. The second-order valence-corrected chi connectivity index (χ2v) is 4.10. The lowest BCUT2D eigenvalue weighted by Crippen LogP contribution is -2.34. The Hall–Kier alpha value is -0.610. The molecule has 0 bridgehead atoms. The van der Waals surface area contributed by atoms with Crippen molar-refractivity contribution in [3.05, 3.63) is 0 Å². The number of nitrogens with one attached hydrogen (secondary N) is 1. The van der Waals surface area contributed by atoms with Gasteiger partial charge in [-0.25, -0.2) is 0 Å². The smallest absolute Gasteiger partial charge is 0.320 e. The van der Waals surface area contributed by atoms with Gasteiger partial charge in [0, 0.05) is 0 Å². The summed E-state index contributed by atoms with van der Waals surface area (Å²) < 4.78 is 0. The van der Waals surface area contributed by atoms with E-state index in [2.05, 4.69) is 12.2 Å². The number of carboxylic acid groups (broad SMARTS) is 1. The monoisotopic (exact) mass is 216 g/mol. The quantitative estimate of drug-likeness (QED) is 0.506. The molecule has 0 aromatic carbocycles. The third-order valence-corrected chi connectivity index (χ3v) is 2.61. The van der Waals surface area contributed by atoms with E-state index in [1.807, 2.05) is 7.05 Å². The highest BCUT2D eigenvalue weighted by atomic mass is 16.4. The number of nitrogens with two attached hydrogens (primary N) is 1. The van der Waals surface area contributed by atoms with Gasteiger partial charge in [-0.2, -0.15) is 0 Å². The minimum Gasteiger partial charge on any atom is -0.480 e. The lowest BCUT2D eigenvalue weighted by atomic mass is 9.94. The van der Waals surface area contributed by atoms with E-state index in [0.29, 0.717) is 12.3 Å². The molecule has 0 spiro atoms. The summed E-state index contributed by atoms with van der Waals surface area (Å²) in [5.41, 5.74) is 5.52. The highest BCUT2D eigenvalue weighted by Gasteiger charge is 2.17. The van der Waals surface area contributed by atoms with Crippen LogP contribution in [0.3, 0.4) is 0 Å². The fraction of sp³-hybridized carbons (Fsp3) is 0.909. The number of hydrogen-bond acceptors (Lipinski definition) is 3. The summed E-state index contributed by atoms with van der Waals surface area (Å²) in [4.78, 5) is 10.6. The van der Waals surface area contributed by atoms with E-state index < -0.39 is 12.0 Å².